The van der Waals surface area contributed by atoms with Gasteiger partial charge in [0.2, 0.25) is 11.7 Å². The number of aryl methyl sites for hydroxylation is 2. The molecule has 0 bridgehead atoms. The van der Waals surface area contributed by atoms with Crippen molar-refractivity contribution in [2.24, 2.45) is 0 Å². The van der Waals surface area contributed by atoms with Crippen LogP contribution in [0.4, 0.5) is 5.69 Å². The smallest absolute Gasteiger partial charge is 0.248 e. The SMILES string of the molecule is COc1ccc(-c2nnn(CC(=O)Nc3ccc(C)c(C)c3)n2)cc1OC. The maximum absolute atomic E-state index is 12.2. The molecule has 3 rings (SSSR count). The molecule has 2 aromatic carbocycles. The molecular formula is C19H21N5O3. The molecule has 0 aliphatic heterocycles. The number of benzene rings is 2. The lowest BCUT2D eigenvalue weighted by molar-refractivity contribution is -0.117. The van der Waals surface area contributed by atoms with E-state index in [0.29, 0.717) is 22.9 Å². The van der Waals surface area contributed by atoms with Crippen molar-refractivity contribution in [2.45, 2.75) is 20.4 Å². The number of methoxy groups -OCH3 is 2. The lowest BCUT2D eigenvalue weighted by atomic mass is 10.1. The van der Waals surface area contributed by atoms with Gasteiger partial charge in [-0.1, -0.05) is 6.07 Å². The summed E-state index contributed by atoms with van der Waals surface area (Å²) in [6.07, 6.45) is 0. The highest BCUT2D eigenvalue weighted by Crippen LogP contribution is 2.30. The van der Waals surface area contributed by atoms with Gasteiger partial charge in [-0.25, -0.2) is 0 Å². The van der Waals surface area contributed by atoms with E-state index in [1.54, 1.807) is 32.4 Å². The van der Waals surface area contributed by atoms with Crippen LogP contribution in [0.5, 0.6) is 11.5 Å². The van der Waals surface area contributed by atoms with Crippen molar-refractivity contribution < 1.29 is 14.3 Å². The summed E-state index contributed by atoms with van der Waals surface area (Å²) in [6.45, 7) is 3.99. The fourth-order valence-electron chi connectivity index (χ4n) is 2.55. The molecule has 0 saturated carbocycles. The van der Waals surface area contributed by atoms with Gasteiger partial charge < -0.3 is 14.8 Å². The molecule has 8 heteroatoms. The zero-order valence-corrected chi connectivity index (χ0v) is 15.7. The van der Waals surface area contributed by atoms with Crippen molar-refractivity contribution in [3.63, 3.8) is 0 Å². The second kappa shape index (κ2) is 7.86. The van der Waals surface area contributed by atoms with Crippen LogP contribution in [-0.4, -0.2) is 40.3 Å². The summed E-state index contributed by atoms with van der Waals surface area (Å²) in [6, 6.07) is 11.1. The van der Waals surface area contributed by atoms with E-state index in [4.69, 9.17) is 9.47 Å². The number of nitrogens with one attached hydrogen (secondary N) is 1. The molecule has 0 unspecified atom stereocenters. The summed E-state index contributed by atoms with van der Waals surface area (Å²) in [5, 5.41) is 15.1. The Bertz CT molecular complexity index is 968. The monoisotopic (exact) mass is 367 g/mol. The molecule has 0 fully saturated rings. The van der Waals surface area contributed by atoms with Crippen LogP contribution in [0, 0.1) is 13.8 Å². The molecule has 1 heterocycles. The molecule has 140 valence electrons. The van der Waals surface area contributed by atoms with Crippen molar-refractivity contribution in [2.75, 3.05) is 19.5 Å². The quantitative estimate of drug-likeness (QED) is 0.720. The first-order valence-corrected chi connectivity index (χ1v) is 8.37. The van der Waals surface area contributed by atoms with Gasteiger partial charge >= 0.3 is 0 Å². The largest absolute Gasteiger partial charge is 0.493 e. The molecule has 0 aliphatic rings. The first-order valence-electron chi connectivity index (χ1n) is 8.37. The molecule has 0 atom stereocenters. The van der Waals surface area contributed by atoms with Crippen molar-refractivity contribution in [3.05, 3.63) is 47.5 Å². The molecule has 1 N–H and O–H groups in total. The molecular weight excluding hydrogens is 346 g/mol. The third-order valence-electron chi connectivity index (χ3n) is 4.17. The molecule has 27 heavy (non-hydrogen) atoms. The maximum atomic E-state index is 12.2. The van der Waals surface area contributed by atoms with Crippen LogP contribution < -0.4 is 14.8 Å². The van der Waals surface area contributed by atoms with E-state index in [9.17, 15) is 4.79 Å². The molecule has 1 amide bonds. The lowest BCUT2D eigenvalue weighted by Gasteiger charge is -2.07. The molecule has 0 radical (unpaired) electrons. The number of nitrogens with zero attached hydrogens (tertiary/aromatic N) is 4. The van der Waals surface area contributed by atoms with Crippen LogP contribution in [0.1, 0.15) is 11.1 Å². The number of tetrazole rings is 1. The Labute approximate surface area is 157 Å². The van der Waals surface area contributed by atoms with Crippen LogP contribution in [-0.2, 0) is 11.3 Å². The summed E-state index contributed by atoms with van der Waals surface area (Å²) in [5.41, 5.74) is 3.74. The Hall–Kier alpha value is -3.42. The van der Waals surface area contributed by atoms with E-state index < -0.39 is 0 Å². The predicted octanol–water partition coefficient (Wildman–Crippen LogP) is 2.61. The number of rotatable bonds is 6. The van der Waals surface area contributed by atoms with Crippen molar-refractivity contribution in [1.82, 2.24) is 20.2 Å². The van der Waals surface area contributed by atoms with Crippen LogP contribution in [0.15, 0.2) is 36.4 Å². The molecule has 3 aromatic rings. The van der Waals surface area contributed by atoms with Gasteiger partial charge in [-0.3, -0.25) is 4.79 Å². The van der Waals surface area contributed by atoms with Crippen LogP contribution in [0.2, 0.25) is 0 Å². The van der Waals surface area contributed by atoms with E-state index in [-0.39, 0.29) is 12.5 Å². The Balaban J connectivity index is 1.70. The Kier molecular flexibility index (Phi) is 5.35. The normalized spacial score (nSPS) is 10.5. The third-order valence-corrected chi connectivity index (χ3v) is 4.17. The highest BCUT2D eigenvalue weighted by Gasteiger charge is 2.12. The van der Waals surface area contributed by atoms with Crippen LogP contribution in [0.25, 0.3) is 11.4 Å². The summed E-state index contributed by atoms with van der Waals surface area (Å²) < 4.78 is 10.5. The molecule has 0 spiro atoms. The number of carbonyl (C=O) groups is 1. The summed E-state index contributed by atoms with van der Waals surface area (Å²) in [7, 11) is 3.13. The molecule has 1 aromatic heterocycles. The minimum atomic E-state index is -0.227. The van der Waals surface area contributed by atoms with E-state index in [1.165, 1.54) is 10.4 Å². The van der Waals surface area contributed by atoms with Crippen molar-refractivity contribution in [3.8, 4) is 22.9 Å². The van der Waals surface area contributed by atoms with Crippen LogP contribution >= 0.6 is 0 Å². The second-order valence-corrected chi connectivity index (χ2v) is 6.06. The Morgan fingerprint density at radius 3 is 2.52 bits per heavy atom. The number of aromatic nitrogens is 4. The van der Waals surface area contributed by atoms with Gasteiger partial charge in [0.1, 0.15) is 6.54 Å². The predicted molar refractivity (Wildman–Crippen MR) is 101 cm³/mol. The number of anilines is 1. The molecule has 8 nitrogen and oxygen atoms in total. The molecule has 0 saturated heterocycles. The topological polar surface area (TPSA) is 91.2 Å². The summed E-state index contributed by atoms with van der Waals surface area (Å²) >= 11 is 0. The van der Waals surface area contributed by atoms with E-state index in [2.05, 4.69) is 20.7 Å². The number of hydrogen-bond acceptors (Lipinski definition) is 6. The number of carbonyl (C=O) groups excluding carboxylic acids is 1. The van der Waals surface area contributed by atoms with Gasteiger partial charge in [0.05, 0.1) is 14.2 Å². The molecule has 0 aliphatic carbocycles. The third kappa shape index (κ3) is 4.22. The van der Waals surface area contributed by atoms with E-state index in [1.807, 2.05) is 32.0 Å². The Morgan fingerprint density at radius 1 is 1.04 bits per heavy atom. The van der Waals surface area contributed by atoms with Gasteiger partial charge in [0.15, 0.2) is 11.5 Å². The second-order valence-electron chi connectivity index (χ2n) is 6.06. The fourth-order valence-corrected chi connectivity index (χ4v) is 2.55. The fraction of sp³-hybridized carbons (Fsp3) is 0.263. The van der Waals surface area contributed by atoms with Gasteiger partial charge in [-0.05, 0) is 60.5 Å². The minimum Gasteiger partial charge on any atom is -0.493 e. The van der Waals surface area contributed by atoms with Gasteiger partial charge in [-0.2, -0.15) is 4.80 Å². The van der Waals surface area contributed by atoms with Gasteiger partial charge in [-0.15, -0.1) is 10.2 Å². The van der Waals surface area contributed by atoms with Crippen LogP contribution in [0.3, 0.4) is 0 Å². The minimum absolute atomic E-state index is 0.0345. The zero-order valence-electron chi connectivity index (χ0n) is 15.7. The highest BCUT2D eigenvalue weighted by molar-refractivity contribution is 5.90. The zero-order chi connectivity index (χ0) is 19.4. The lowest BCUT2D eigenvalue weighted by Crippen LogP contribution is -2.20. The van der Waals surface area contributed by atoms with E-state index >= 15 is 0 Å². The average molecular weight is 367 g/mol. The van der Waals surface area contributed by atoms with Crippen molar-refractivity contribution in [1.29, 1.82) is 0 Å². The summed E-state index contributed by atoms with van der Waals surface area (Å²) in [5.74, 6) is 1.35. The van der Waals surface area contributed by atoms with Gasteiger partial charge in [0, 0.05) is 11.3 Å². The average Bonchev–Trinajstić information content (AvgIpc) is 3.12. The Morgan fingerprint density at radius 2 is 1.81 bits per heavy atom. The maximum Gasteiger partial charge on any atom is 0.248 e. The number of ether oxygens (including phenoxy) is 2. The highest BCUT2D eigenvalue weighted by atomic mass is 16.5. The summed E-state index contributed by atoms with van der Waals surface area (Å²) in [4.78, 5) is 13.5. The van der Waals surface area contributed by atoms with Crippen molar-refractivity contribution >= 4 is 11.6 Å². The number of hydrogen-bond donors (Lipinski definition) is 1. The number of amides is 1. The first kappa shape index (κ1) is 18.4. The standard InChI is InChI=1S/C19H21N5O3/c1-12-5-7-15(9-13(12)2)20-18(25)11-24-22-19(21-23-24)14-6-8-16(26-3)17(10-14)27-4/h5-10H,11H2,1-4H3,(H,20,25). The van der Waals surface area contributed by atoms with Gasteiger partial charge in [0.25, 0.3) is 0 Å². The van der Waals surface area contributed by atoms with E-state index in [0.717, 1.165) is 11.3 Å². The first-order chi connectivity index (χ1) is 13.0.